The summed E-state index contributed by atoms with van der Waals surface area (Å²) in [6.45, 7) is 20.5. The Kier molecular flexibility index (Phi) is 17.8. The molecule has 0 fully saturated rings. The zero-order valence-corrected chi connectivity index (χ0v) is 52.5. The number of hydrogen-bond donors (Lipinski definition) is 2. The number of fused-ring (bicyclic) bond motifs is 4. The number of thiazole rings is 2. The number of carboxylic acids is 2. The zero-order valence-electron chi connectivity index (χ0n) is 49.4. The standard InChI is InChI=1S/2C35H32ClN3O3S.CH4/c1-20-17-27-32(30(23-11-14-25(36)15-12-23)29(20)31(34(40)41)42-35(3,4)5)43-33(37-27)24-13-16-28-26(18-24)21(2)38-39(28)19-22-9-7-6-8-10-22;1-20-17-28-32(30(23-11-14-25(36)15-12-23)29(20)31(34(40)41)42-35(3,4)5)43-33(37-28)24-13-16-27-26(18-24)21(2)39(38-27)19-22-9-7-6-8-10-22;/h2*6-18,31H,19H2,1-5H3,(H,40,41);1H4/t2*31-;/m00./s1. The summed E-state index contributed by atoms with van der Waals surface area (Å²) in [5, 5.41) is 35.4. The predicted octanol–water partition coefficient (Wildman–Crippen LogP) is 19.1. The summed E-state index contributed by atoms with van der Waals surface area (Å²) in [5.74, 6) is -2.07. The summed E-state index contributed by atoms with van der Waals surface area (Å²) in [4.78, 5) is 35.4. The summed E-state index contributed by atoms with van der Waals surface area (Å²) >= 11 is 15.6. The second-order valence-corrected chi connectivity index (χ2v) is 26.4. The molecule has 0 radical (unpaired) electrons. The highest BCUT2D eigenvalue weighted by molar-refractivity contribution is 7.22. The van der Waals surface area contributed by atoms with Gasteiger partial charge in [-0.15, -0.1) is 22.7 Å². The van der Waals surface area contributed by atoms with Gasteiger partial charge in [0.15, 0.2) is 12.2 Å². The molecule has 0 aliphatic carbocycles. The van der Waals surface area contributed by atoms with Crippen molar-refractivity contribution in [1.29, 1.82) is 0 Å². The Morgan fingerprint density at radius 2 is 0.931 bits per heavy atom. The molecule has 0 spiro atoms. The molecular formula is C71H68Cl2N6O6S2. The van der Waals surface area contributed by atoms with Crippen molar-refractivity contribution in [3.63, 3.8) is 0 Å². The minimum absolute atomic E-state index is 0. The number of aliphatic carboxylic acids is 2. The van der Waals surface area contributed by atoms with Crippen LogP contribution in [0.25, 0.3) is 85.6 Å². The van der Waals surface area contributed by atoms with E-state index in [0.29, 0.717) is 34.3 Å². The van der Waals surface area contributed by atoms with Crippen molar-refractivity contribution < 1.29 is 29.3 Å². The van der Waals surface area contributed by atoms with E-state index in [0.717, 1.165) is 108 Å². The highest BCUT2D eigenvalue weighted by Gasteiger charge is 2.34. The molecule has 444 valence electrons. The number of nitrogens with zero attached hydrogens (tertiary/aromatic N) is 6. The van der Waals surface area contributed by atoms with Crippen LogP contribution in [0.3, 0.4) is 0 Å². The second-order valence-electron chi connectivity index (χ2n) is 23.5. The fourth-order valence-electron chi connectivity index (χ4n) is 11.0. The number of halogens is 2. The van der Waals surface area contributed by atoms with Crippen LogP contribution < -0.4 is 0 Å². The maximum atomic E-state index is 12.6. The minimum atomic E-state index is -1.16. The first-order chi connectivity index (χ1) is 41.0. The lowest BCUT2D eigenvalue weighted by Crippen LogP contribution is -2.28. The number of hydrogen-bond acceptors (Lipinski definition) is 10. The van der Waals surface area contributed by atoms with Crippen LogP contribution in [-0.2, 0) is 32.2 Å². The average molecular weight is 1240 g/mol. The van der Waals surface area contributed by atoms with E-state index in [1.54, 1.807) is 22.7 Å². The molecule has 0 unspecified atom stereocenters. The third kappa shape index (κ3) is 13.3. The van der Waals surface area contributed by atoms with Gasteiger partial charge in [-0.2, -0.15) is 10.2 Å². The van der Waals surface area contributed by atoms with Crippen LogP contribution >= 0.6 is 45.9 Å². The van der Waals surface area contributed by atoms with Crippen LogP contribution in [-0.4, -0.2) is 62.9 Å². The smallest absolute Gasteiger partial charge is 0.337 e. The first-order valence-corrected chi connectivity index (χ1v) is 30.6. The Hall–Kier alpha value is -8.08. The van der Waals surface area contributed by atoms with Gasteiger partial charge in [0.2, 0.25) is 0 Å². The Bertz CT molecular complexity index is 4350. The quantitative estimate of drug-likeness (QED) is 0.108. The highest BCUT2D eigenvalue weighted by atomic mass is 35.5. The monoisotopic (exact) mass is 1230 g/mol. The molecule has 16 heteroatoms. The van der Waals surface area contributed by atoms with E-state index < -0.39 is 35.3 Å². The number of aryl methyl sites for hydroxylation is 4. The molecule has 0 aliphatic heterocycles. The van der Waals surface area contributed by atoms with E-state index >= 15 is 0 Å². The molecule has 8 aromatic carbocycles. The van der Waals surface area contributed by atoms with Gasteiger partial charge in [0.05, 0.1) is 61.5 Å². The first-order valence-electron chi connectivity index (χ1n) is 28.2. The Balaban J connectivity index is 0.000000190. The van der Waals surface area contributed by atoms with Crippen LogP contribution in [0.1, 0.15) is 106 Å². The third-order valence-electron chi connectivity index (χ3n) is 14.8. The van der Waals surface area contributed by atoms with Crippen LogP contribution in [0, 0.1) is 27.7 Å². The summed E-state index contributed by atoms with van der Waals surface area (Å²) < 4.78 is 18.2. The van der Waals surface area contributed by atoms with Crippen molar-refractivity contribution in [1.82, 2.24) is 29.5 Å². The molecule has 2 N–H and O–H groups in total. The molecule has 12 rings (SSSR count). The zero-order chi connectivity index (χ0) is 60.9. The average Bonchev–Trinajstić information content (AvgIpc) is 1.76. The fourth-order valence-corrected chi connectivity index (χ4v) is 13.5. The molecule has 4 aromatic heterocycles. The van der Waals surface area contributed by atoms with E-state index in [2.05, 4.69) is 61.5 Å². The van der Waals surface area contributed by atoms with Crippen molar-refractivity contribution in [2.75, 3.05) is 0 Å². The van der Waals surface area contributed by atoms with Gasteiger partial charge in [-0.3, -0.25) is 9.36 Å². The SMILES string of the molecule is C.Cc1cc2nc(-c3ccc4c(c3)c(C)nn4Cc3ccccc3)sc2c(-c2ccc(Cl)cc2)c1[C@H](OC(C)(C)C)C(=O)O.Cc1cc2nc(-c3ccc4nn(Cc5ccccc5)c(C)c4c3)sc2c(-c2ccc(Cl)cc2)c1[C@H](OC(C)(C)C)C(=O)O. The highest BCUT2D eigenvalue weighted by Crippen LogP contribution is 2.47. The summed E-state index contributed by atoms with van der Waals surface area (Å²) in [5.41, 5.74) is 14.9. The normalized spacial score (nSPS) is 12.6. The largest absolute Gasteiger partial charge is 0.479 e. The van der Waals surface area contributed by atoms with Crippen molar-refractivity contribution in [3.8, 4) is 43.4 Å². The number of ether oxygens (including phenoxy) is 2. The van der Waals surface area contributed by atoms with E-state index in [-0.39, 0.29) is 7.43 Å². The summed E-state index contributed by atoms with van der Waals surface area (Å²) in [7, 11) is 0. The molecule has 2 atom stereocenters. The molecule has 87 heavy (non-hydrogen) atoms. The molecule has 0 saturated heterocycles. The lowest BCUT2D eigenvalue weighted by molar-refractivity contribution is -0.161. The molecule has 0 amide bonds. The maximum Gasteiger partial charge on any atom is 0.337 e. The number of carboxylic acid groups (broad SMARTS) is 2. The van der Waals surface area contributed by atoms with Gasteiger partial charge in [-0.05, 0) is 175 Å². The van der Waals surface area contributed by atoms with Crippen LogP contribution in [0.5, 0.6) is 0 Å². The van der Waals surface area contributed by atoms with Gasteiger partial charge in [0.1, 0.15) is 10.0 Å². The summed E-state index contributed by atoms with van der Waals surface area (Å²) in [6, 6.07) is 52.1. The van der Waals surface area contributed by atoms with E-state index in [9.17, 15) is 19.8 Å². The summed E-state index contributed by atoms with van der Waals surface area (Å²) in [6.07, 6.45) is -2.31. The van der Waals surface area contributed by atoms with Gasteiger partial charge in [-0.1, -0.05) is 116 Å². The number of carbonyl (C=O) groups is 2. The Labute approximate surface area is 524 Å². The number of benzene rings is 8. The van der Waals surface area contributed by atoms with Gasteiger partial charge in [0.25, 0.3) is 0 Å². The molecule has 4 heterocycles. The van der Waals surface area contributed by atoms with Gasteiger partial charge in [-0.25, -0.2) is 19.6 Å². The van der Waals surface area contributed by atoms with E-state index in [4.69, 9.17) is 52.8 Å². The molecule has 0 aliphatic rings. The minimum Gasteiger partial charge on any atom is -0.479 e. The van der Waals surface area contributed by atoms with Crippen molar-refractivity contribution in [2.24, 2.45) is 0 Å². The molecule has 12 aromatic rings. The van der Waals surface area contributed by atoms with E-state index in [1.165, 1.54) is 11.1 Å². The molecular weight excluding hydrogens is 1170 g/mol. The van der Waals surface area contributed by atoms with E-state index in [1.807, 2.05) is 175 Å². The lowest BCUT2D eigenvalue weighted by Gasteiger charge is -2.28. The van der Waals surface area contributed by atoms with Crippen molar-refractivity contribution in [2.45, 2.75) is 113 Å². The number of rotatable bonds is 14. The molecule has 0 saturated carbocycles. The van der Waals surface area contributed by atoms with Crippen LogP contribution in [0.15, 0.2) is 158 Å². The van der Waals surface area contributed by atoms with Gasteiger partial charge < -0.3 is 19.7 Å². The number of aromatic nitrogens is 6. The topological polar surface area (TPSA) is 154 Å². The Morgan fingerprint density at radius 1 is 0.517 bits per heavy atom. The van der Waals surface area contributed by atoms with Crippen molar-refractivity contribution in [3.05, 3.63) is 213 Å². The molecule has 0 bridgehead atoms. The third-order valence-corrected chi connectivity index (χ3v) is 17.6. The van der Waals surface area contributed by atoms with Gasteiger partial charge >= 0.3 is 11.9 Å². The Morgan fingerprint density at radius 3 is 1.37 bits per heavy atom. The maximum absolute atomic E-state index is 12.6. The molecule has 12 nitrogen and oxygen atoms in total. The predicted molar refractivity (Wildman–Crippen MR) is 357 cm³/mol. The fraction of sp³-hybridized carbons (Fsp3) is 0.239. The van der Waals surface area contributed by atoms with Gasteiger partial charge in [0, 0.05) is 59.9 Å². The van der Waals surface area contributed by atoms with Crippen molar-refractivity contribution >= 4 is 100 Å². The second kappa shape index (κ2) is 25.0. The van der Waals surface area contributed by atoms with Crippen LogP contribution in [0.4, 0.5) is 0 Å². The first kappa shape index (κ1) is 62.0. The van der Waals surface area contributed by atoms with Crippen LogP contribution in [0.2, 0.25) is 10.0 Å². The lowest BCUT2D eigenvalue weighted by atomic mass is 9.91.